The Balaban J connectivity index is 2.49. The van der Waals surface area contributed by atoms with Crippen LogP contribution in [0.5, 0.6) is 0 Å². The van der Waals surface area contributed by atoms with E-state index in [4.69, 9.17) is 4.52 Å². The van der Waals surface area contributed by atoms with Crippen molar-refractivity contribution in [3.05, 3.63) is 41.1 Å². The van der Waals surface area contributed by atoms with Crippen LogP contribution >= 0.6 is 0 Å². The number of aryl methyl sites for hydroxylation is 2. The predicted octanol–water partition coefficient (Wildman–Crippen LogP) is 3.27. The minimum atomic E-state index is 0.877. The second-order valence-electron chi connectivity index (χ2n) is 3.59. The topological polar surface area (TPSA) is 26.0 Å². The Kier molecular flexibility index (Phi) is 2.12. The van der Waals surface area contributed by atoms with E-state index in [1.54, 1.807) is 0 Å². The summed E-state index contributed by atoms with van der Waals surface area (Å²) >= 11 is 0. The maximum absolute atomic E-state index is 5.27. The Morgan fingerprint density at radius 1 is 1.00 bits per heavy atom. The van der Waals surface area contributed by atoms with Crippen LogP contribution in [0.15, 0.2) is 28.8 Å². The normalized spacial score (nSPS) is 10.5. The van der Waals surface area contributed by atoms with Gasteiger partial charge in [-0.1, -0.05) is 35.0 Å². The minimum Gasteiger partial charge on any atom is -0.356 e. The van der Waals surface area contributed by atoms with Gasteiger partial charge in [-0.15, -0.1) is 0 Å². The fourth-order valence-electron chi connectivity index (χ4n) is 1.39. The molecule has 0 aliphatic rings. The van der Waals surface area contributed by atoms with Crippen molar-refractivity contribution < 1.29 is 4.52 Å². The van der Waals surface area contributed by atoms with E-state index in [2.05, 4.69) is 36.3 Å². The lowest BCUT2D eigenvalue weighted by Gasteiger charge is -1.97. The first-order chi connectivity index (χ1) is 6.68. The van der Waals surface area contributed by atoms with Gasteiger partial charge in [-0.05, 0) is 20.8 Å². The van der Waals surface area contributed by atoms with Crippen molar-refractivity contribution in [2.45, 2.75) is 20.8 Å². The van der Waals surface area contributed by atoms with Gasteiger partial charge in [0.05, 0.1) is 5.69 Å². The van der Waals surface area contributed by atoms with Crippen molar-refractivity contribution in [1.29, 1.82) is 0 Å². The highest BCUT2D eigenvalue weighted by Gasteiger charge is 2.09. The molecule has 0 bridgehead atoms. The monoisotopic (exact) mass is 187 g/mol. The highest BCUT2D eigenvalue weighted by Crippen LogP contribution is 2.25. The highest BCUT2D eigenvalue weighted by molar-refractivity contribution is 5.61. The van der Waals surface area contributed by atoms with Gasteiger partial charge in [0.1, 0.15) is 0 Å². The van der Waals surface area contributed by atoms with E-state index in [-0.39, 0.29) is 0 Å². The van der Waals surface area contributed by atoms with E-state index in [1.165, 1.54) is 5.56 Å². The molecule has 0 fully saturated rings. The molecule has 1 aromatic heterocycles. The first kappa shape index (κ1) is 9.00. The molecule has 0 spiro atoms. The van der Waals surface area contributed by atoms with E-state index in [9.17, 15) is 0 Å². The van der Waals surface area contributed by atoms with Crippen molar-refractivity contribution in [2.24, 2.45) is 0 Å². The number of benzene rings is 1. The first-order valence-corrected chi connectivity index (χ1v) is 4.68. The number of nitrogens with zero attached hydrogens (tertiary/aromatic N) is 1. The van der Waals surface area contributed by atoms with Gasteiger partial charge in [0.25, 0.3) is 0 Å². The molecule has 0 saturated heterocycles. The van der Waals surface area contributed by atoms with Gasteiger partial charge in [-0.25, -0.2) is 0 Å². The number of aromatic nitrogens is 1. The molecule has 72 valence electrons. The molecule has 0 saturated carbocycles. The van der Waals surface area contributed by atoms with Crippen LogP contribution in [-0.2, 0) is 0 Å². The third-order valence-corrected chi connectivity index (χ3v) is 2.47. The van der Waals surface area contributed by atoms with Crippen LogP contribution in [0.1, 0.15) is 16.8 Å². The molecule has 2 aromatic rings. The molecule has 0 aliphatic heterocycles. The molecule has 2 heteroatoms. The Hall–Kier alpha value is -1.57. The van der Waals surface area contributed by atoms with Gasteiger partial charge in [0.15, 0.2) is 5.76 Å². The molecular formula is C12H13NO. The zero-order valence-corrected chi connectivity index (χ0v) is 8.66. The molecule has 2 rings (SSSR count). The third-order valence-electron chi connectivity index (χ3n) is 2.47. The molecule has 1 aromatic carbocycles. The Morgan fingerprint density at radius 3 is 2.14 bits per heavy atom. The summed E-state index contributed by atoms with van der Waals surface area (Å²) in [4.78, 5) is 0. The van der Waals surface area contributed by atoms with E-state index in [1.807, 2.05) is 13.8 Å². The van der Waals surface area contributed by atoms with Crippen molar-refractivity contribution in [3.63, 3.8) is 0 Å². The van der Waals surface area contributed by atoms with Gasteiger partial charge < -0.3 is 4.52 Å². The fraction of sp³-hybridized carbons (Fsp3) is 0.250. The van der Waals surface area contributed by atoms with Crippen LogP contribution in [-0.4, -0.2) is 5.16 Å². The summed E-state index contributed by atoms with van der Waals surface area (Å²) < 4.78 is 5.27. The SMILES string of the molecule is Cc1ccc(-c2onc(C)c2C)cc1. The van der Waals surface area contributed by atoms with Crippen LogP contribution in [0.4, 0.5) is 0 Å². The molecule has 2 nitrogen and oxygen atoms in total. The highest BCUT2D eigenvalue weighted by atomic mass is 16.5. The summed E-state index contributed by atoms with van der Waals surface area (Å²) in [6, 6.07) is 8.27. The summed E-state index contributed by atoms with van der Waals surface area (Å²) in [5, 5.41) is 3.94. The van der Waals surface area contributed by atoms with Crippen molar-refractivity contribution in [1.82, 2.24) is 5.16 Å². The van der Waals surface area contributed by atoms with Crippen LogP contribution in [0.25, 0.3) is 11.3 Å². The lowest BCUT2D eigenvalue weighted by molar-refractivity contribution is 0.427. The number of hydrogen-bond donors (Lipinski definition) is 0. The molecule has 0 radical (unpaired) electrons. The van der Waals surface area contributed by atoms with Crippen molar-refractivity contribution in [2.75, 3.05) is 0 Å². The number of hydrogen-bond acceptors (Lipinski definition) is 2. The van der Waals surface area contributed by atoms with Gasteiger partial charge in [-0.2, -0.15) is 0 Å². The summed E-state index contributed by atoms with van der Waals surface area (Å²) in [6.07, 6.45) is 0. The van der Waals surface area contributed by atoms with E-state index in [0.29, 0.717) is 0 Å². The Morgan fingerprint density at radius 2 is 1.64 bits per heavy atom. The van der Waals surface area contributed by atoms with Crippen LogP contribution in [0, 0.1) is 20.8 Å². The number of rotatable bonds is 1. The maximum Gasteiger partial charge on any atom is 0.170 e. The van der Waals surface area contributed by atoms with Crippen molar-refractivity contribution >= 4 is 0 Å². The smallest absolute Gasteiger partial charge is 0.170 e. The average Bonchev–Trinajstić information content (AvgIpc) is 2.50. The lowest BCUT2D eigenvalue weighted by Crippen LogP contribution is -1.79. The van der Waals surface area contributed by atoms with Crippen molar-refractivity contribution in [3.8, 4) is 11.3 Å². The summed E-state index contributed by atoms with van der Waals surface area (Å²) in [7, 11) is 0. The molecule has 0 N–H and O–H groups in total. The van der Waals surface area contributed by atoms with Crippen LogP contribution in [0.2, 0.25) is 0 Å². The maximum atomic E-state index is 5.27. The molecule has 1 heterocycles. The second-order valence-corrected chi connectivity index (χ2v) is 3.59. The average molecular weight is 187 g/mol. The van der Waals surface area contributed by atoms with Gasteiger partial charge in [0, 0.05) is 11.1 Å². The molecular weight excluding hydrogens is 174 g/mol. The third kappa shape index (κ3) is 1.43. The van der Waals surface area contributed by atoms with Gasteiger partial charge >= 0.3 is 0 Å². The zero-order valence-electron chi connectivity index (χ0n) is 8.66. The first-order valence-electron chi connectivity index (χ1n) is 4.68. The van der Waals surface area contributed by atoms with Crippen LogP contribution < -0.4 is 0 Å². The van der Waals surface area contributed by atoms with E-state index < -0.39 is 0 Å². The minimum absolute atomic E-state index is 0.877. The summed E-state index contributed by atoms with van der Waals surface area (Å²) in [5.74, 6) is 0.877. The van der Waals surface area contributed by atoms with E-state index in [0.717, 1.165) is 22.6 Å². The molecule has 0 amide bonds. The predicted molar refractivity (Wildman–Crippen MR) is 56.2 cm³/mol. The fourth-order valence-corrected chi connectivity index (χ4v) is 1.39. The molecule has 0 unspecified atom stereocenters. The lowest BCUT2D eigenvalue weighted by atomic mass is 10.1. The van der Waals surface area contributed by atoms with E-state index >= 15 is 0 Å². The second kappa shape index (κ2) is 3.29. The largest absolute Gasteiger partial charge is 0.356 e. The van der Waals surface area contributed by atoms with Gasteiger partial charge in [-0.3, -0.25) is 0 Å². The molecule has 0 aliphatic carbocycles. The molecule has 14 heavy (non-hydrogen) atoms. The Bertz CT molecular complexity index is 440. The zero-order chi connectivity index (χ0) is 10.1. The molecule has 0 atom stereocenters. The Labute approximate surface area is 83.5 Å². The van der Waals surface area contributed by atoms with Crippen LogP contribution in [0.3, 0.4) is 0 Å². The standard InChI is InChI=1S/C12H13NO/c1-8-4-6-11(7-5-8)12-9(2)10(3)13-14-12/h4-7H,1-3H3. The summed E-state index contributed by atoms with van der Waals surface area (Å²) in [6.45, 7) is 6.06. The summed E-state index contributed by atoms with van der Waals surface area (Å²) in [5.41, 5.74) is 4.42. The quantitative estimate of drug-likeness (QED) is 0.684. The van der Waals surface area contributed by atoms with Gasteiger partial charge in [0.2, 0.25) is 0 Å².